The molecule has 2 amide bonds. The highest BCUT2D eigenvalue weighted by Crippen LogP contribution is 2.46. The summed E-state index contributed by atoms with van der Waals surface area (Å²) >= 11 is 24.8. The molecule has 0 N–H and O–H groups in total. The van der Waals surface area contributed by atoms with Gasteiger partial charge < -0.3 is 19.3 Å². The van der Waals surface area contributed by atoms with E-state index in [4.69, 9.17) is 55.9 Å². The van der Waals surface area contributed by atoms with Crippen LogP contribution in [0.25, 0.3) is 0 Å². The van der Waals surface area contributed by atoms with Crippen LogP contribution in [0.5, 0.6) is 0 Å². The Kier molecular flexibility index (Phi) is 14.4. The molecule has 6 atom stereocenters. The highest BCUT2D eigenvalue weighted by molar-refractivity contribution is 6.31. The van der Waals surface area contributed by atoms with Crippen molar-refractivity contribution in [1.82, 2.24) is 9.80 Å². The lowest BCUT2D eigenvalue weighted by Crippen LogP contribution is -2.52. The summed E-state index contributed by atoms with van der Waals surface area (Å²) in [5, 5.41) is 2.66. The van der Waals surface area contributed by atoms with Crippen molar-refractivity contribution in [1.29, 1.82) is 0 Å². The monoisotopic (exact) mass is 858 g/mol. The summed E-state index contributed by atoms with van der Waals surface area (Å²) in [5.41, 5.74) is 3.98. The second-order valence-corrected chi connectivity index (χ2v) is 17.6. The molecule has 2 aliphatic carbocycles. The molecule has 304 valence electrons. The van der Waals surface area contributed by atoms with E-state index in [2.05, 4.69) is 13.2 Å². The van der Waals surface area contributed by atoms with Gasteiger partial charge in [-0.15, -0.1) is 13.2 Å². The first-order chi connectivity index (χ1) is 28.1. The lowest BCUT2D eigenvalue weighted by molar-refractivity contribution is -0.176. The van der Waals surface area contributed by atoms with Gasteiger partial charge in [0.05, 0.1) is 12.1 Å². The number of hydrogen-bond acceptors (Lipinski definition) is 4. The average molecular weight is 861 g/mol. The van der Waals surface area contributed by atoms with E-state index in [1.165, 1.54) is 38.5 Å². The molecular formula is C48H50Cl4N2O4. The Morgan fingerprint density at radius 3 is 1.22 bits per heavy atom. The molecule has 4 fully saturated rings. The van der Waals surface area contributed by atoms with Crippen molar-refractivity contribution in [3.05, 3.63) is 165 Å². The number of carbonyl (C=O) groups excluding carboxylic acids is 2. The van der Waals surface area contributed by atoms with Gasteiger partial charge >= 0.3 is 0 Å². The summed E-state index contributed by atoms with van der Waals surface area (Å²) in [6, 6.07) is 30.4. The van der Waals surface area contributed by atoms with Gasteiger partial charge in [0.25, 0.3) is 11.8 Å². The van der Waals surface area contributed by atoms with Gasteiger partial charge in [0, 0.05) is 46.0 Å². The number of amides is 2. The van der Waals surface area contributed by atoms with Gasteiger partial charge in [0.15, 0.2) is 0 Å². The van der Waals surface area contributed by atoms with Gasteiger partial charge in [0.1, 0.15) is 24.4 Å². The maximum atomic E-state index is 13.4. The smallest absolute Gasteiger partial charge is 0.252 e. The van der Waals surface area contributed by atoms with Gasteiger partial charge in [-0.3, -0.25) is 9.59 Å². The van der Waals surface area contributed by atoms with Crippen LogP contribution in [0.3, 0.4) is 0 Å². The van der Waals surface area contributed by atoms with Crippen LogP contribution in [0.4, 0.5) is 0 Å². The molecule has 0 aromatic heterocycles. The number of rotatable bonds is 12. The van der Waals surface area contributed by atoms with Gasteiger partial charge in [-0.25, -0.2) is 0 Å². The first-order valence-corrected chi connectivity index (χ1v) is 21.8. The molecule has 2 aliphatic heterocycles. The van der Waals surface area contributed by atoms with Crippen LogP contribution in [0.15, 0.2) is 122 Å². The topological polar surface area (TPSA) is 59.1 Å². The molecule has 0 spiro atoms. The molecule has 2 saturated carbocycles. The van der Waals surface area contributed by atoms with Crippen molar-refractivity contribution in [3.8, 4) is 0 Å². The Hall–Kier alpha value is -3.62. The van der Waals surface area contributed by atoms with E-state index < -0.39 is 12.2 Å². The number of ether oxygens (including phenoxy) is 2. The Labute approximate surface area is 362 Å². The lowest BCUT2D eigenvalue weighted by atomic mass is 9.83. The Morgan fingerprint density at radius 1 is 0.534 bits per heavy atom. The molecular weight excluding hydrogens is 810 g/mol. The van der Waals surface area contributed by atoms with E-state index in [0.29, 0.717) is 44.8 Å². The zero-order chi connectivity index (χ0) is 40.8. The van der Waals surface area contributed by atoms with Crippen LogP contribution >= 0.6 is 46.4 Å². The fraction of sp³-hybridized carbons (Fsp3) is 0.375. The zero-order valence-corrected chi connectivity index (χ0v) is 35.6. The standard InChI is InChI=1S/2C24H25Cl2NO2/c2*1-2-5-21-24(28)27(15-16-6-3-7-16)22(17-10-12-19(25)13-11-17)23(29-21)18-8-4-9-20(26)14-18/h2*2,4,8-14,16,21-23H,1,3,5-7,15H2/t21-,22?,23-;21-,22+,23-/m10/s1. The zero-order valence-electron chi connectivity index (χ0n) is 32.5. The summed E-state index contributed by atoms with van der Waals surface area (Å²) in [6.07, 6.45) is 9.98. The molecule has 4 aliphatic rings. The van der Waals surface area contributed by atoms with Crippen molar-refractivity contribution < 1.29 is 19.1 Å². The van der Waals surface area contributed by atoms with E-state index in [1.807, 2.05) is 107 Å². The molecule has 8 rings (SSSR count). The van der Waals surface area contributed by atoms with Gasteiger partial charge in [-0.05, 0) is 108 Å². The molecule has 2 heterocycles. The minimum atomic E-state index is -0.528. The molecule has 58 heavy (non-hydrogen) atoms. The third-order valence-electron chi connectivity index (χ3n) is 11.9. The summed E-state index contributed by atoms with van der Waals surface area (Å²) in [4.78, 5) is 30.8. The largest absolute Gasteiger partial charge is 0.358 e. The number of carbonyl (C=O) groups is 2. The number of benzene rings is 4. The van der Waals surface area contributed by atoms with Gasteiger partial charge in [-0.2, -0.15) is 0 Å². The van der Waals surface area contributed by atoms with E-state index in [9.17, 15) is 9.59 Å². The van der Waals surface area contributed by atoms with Gasteiger partial charge in [0.2, 0.25) is 0 Å². The van der Waals surface area contributed by atoms with Crippen LogP contribution in [-0.2, 0) is 19.1 Å². The van der Waals surface area contributed by atoms with Crippen LogP contribution < -0.4 is 0 Å². The molecule has 4 aromatic carbocycles. The first kappa shape index (κ1) is 42.5. The van der Waals surface area contributed by atoms with Crippen molar-refractivity contribution >= 4 is 58.2 Å². The second-order valence-electron chi connectivity index (χ2n) is 15.8. The molecule has 4 aromatic rings. The maximum absolute atomic E-state index is 13.4. The summed E-state index contributed by atoms with van der Waals surface area (Å²) in [5.74, 6) is 1.18. The van der Waals surface area contributed by atoms with Crippen LogP contribution in [0, 0.1) is 11.8 Å². The third-order valence-corrected chi connectivity index (χ3v) is 12.9. The summed E-state index contributed by atoms with van der Waals surface area (Å²) in [7, 11) is 0. The average Bonchev–Trinajstić information content (AvgIpc) is 3.18. The highest BCUT2D eigenvalue weighted by Gasteiger charge is 2.46. The maximum Gasteiger partial charge on any atom is 0.252 e. The minimum absolute atomic E-state index is 0.0371. The van der Waals surface area contributed by atoms with Crippen molar-refractivity contribution in [3.63, 3.8) is 0 Å². The van der Waals surface area contributed by atoms with Crippen molar-refractivity contribution in [2.45, 2.75) is 87.9 Å². The highest BCUT2D eigenvalue weighted by atomic mass is 35.5. The predicted molar refractivity (Wildman–Crippen MR) is 234 cm³/mol. The number of morpholine rings is 2. The number of hydrogen-bond donors (Lipinski definition) is 0. The van der Waals surface area contributed by atoms with E-state index >= 15 is 0 Å². The summed E-state index contributed by atoms with van der Waals surface area (Å²) in [6.45, 7) is 9.13. The Balaban J connectivity index is 0.000000177. The van der Waals surface area contributed by atoms with E-state index in [-0.39, 0.29) is 36.1 Å². The SMILES string of the molecule is C=CC[C@@H]1O[C@@H](c2cccc(Cl)c2)[C@@H](c2ccc(Cl)cc2)N(CC2CCC2)C1=O.C=CC[C@H]1O[C@H](c2cccc(Cl)c2)C(c2ccc(Cl)cc2)N(CC2CCC2)C1=O. The second kappa shape index (κ2) is 19.6. The van der Waals surface area contributed by atoms with Gasteiger partial charge in [-0.1, -0.05) is 120 Å². The molecule has 10 heteroatoms. The fourth-order valence-electron chi connectivity index (χ4n) is 8.44. The van der Waals surface area contributed by atoms with E-state index in [0.717, 1.165) is 35.3 Å². The van der Waals surface area contributed by atoms with Crippen LogP contribution in [0.2, 0.25) is 20.1 Å². The lowest BCUT2D eigenvalue weighted by Gasteiger charge is -2.47. The van der Waals surface area contributed by atoms with Crippen LogP contribution in [0.1, 0.15) is 97.9 Å². The quantitative estimate of drug-likeness (QED) is 0.133. The molecule has 6 nitrogen and oxygen atoms in total. The molecule has 2 saturated heterocycles. The van der Waals surface area contributed by atoms with Crippen LogP contribution in [-0.4, -0.2) is 46.9 Å². The Bertz CT molecular complexity index is 1900. The van der Waals surface area contributed by atoms with E-state index in [1.54, 1.807) is 12.2 Å². The molecule has 0 radical (unpaired) electrons. The third kappa shape index (κ3) is 9.87. The van der Waals surface area contributed by atoms with Crippen molar-refractivity contribution in [2.75, 3.05) is 13.1 Å². The molecule has 0 bridgehead atoms. The van der Waals surface area contributed by atoms with Crippen molar-refractivity contribution in [2.24, 2.45) is 11.8 Å². The normalized spacial score (nSPS) is 25.0. The number of nitrogens with zero attached hydrogens (tertiary/aromatic N) is 2. The summed E-state index contributed by atoms with van der Waals surface area (Å²) < 4.78 is 12.8. The minimum Gasteiger partial charge on any atom is -0.358 e. The Morgan fingerprint density at radius 2 is 0.914 bits per heavy atom. The molecule has 1 unspecified atom stereocenters. The fourth-order valence-corrected chi connectivity index (χ4v) is 9.09. The number of halogens is 4. The predicted octanol–water partition coefficient (Wildman–Crippen LogP) is 12.8. The first-order valence-electron chi connectivity index (χ1n) is 20.3.